The van der Waals surface area contributed by atoms with E-state index in [-0.39, 0.29) is 12.5 Å². The molecule has 2 N–H and O–H groups in total. The molecule has 0 spiro atoms. The van der Waals surface area contributed by atoms with Crippen LogP contribution in [-0.2, 0) is 4.79 Å². The van der Waals surface area contributed by atoms with Crippen molar-refractivity contribution in [1.29, 1.82) is 0 Å². The van der Waals surface area contributed by atoms with Crippen LogP contribution in [0.4, 0.5) is 5.69 Å². The lowest BCUT2D eigenvalue weighted by molar-refractivity contribution is -0.115. The molecule has 0 aliphatic carbocycles. The van der Waals surface area contributed by atoms with Crippen molar-refractivity contribution >= 4 is 33.7 Å². The Kier molecular flexibility index (Phi) is 4.74. The minimum atomic E-state index is -0.168. The monoisotopic (exact) mass is 321 g/mol. The number of benzene rings is 1. The van der Waals surface area contributed by atoms with Gasteiger partial charge in [-0.3, -0.25) is 4.79 Å². The first-order chi connectivity index (χ1) is 9.24. The lowest BCUT2D eigenvalue weighted by atomic mass is 10.3. The van der Waals surface area contributed by atoms with E-state index in [1.54, 1.807) is 18.4 Å². The number of nitrogens with one attached hydrogen (secondary N) is 2. The number of amides is 1. The SMILES string of the molecule is O=C(CN/N=C\c1ccco1)Nc1ccc(Br)cc1. The Morgan fingerprint density at radius 1 is 1.32 bits per heavy atom. The summed E-state index contributed by atoms with van der Waals surface area (Å²) in [5.41, 5.74) is 3.38. The van der Waals surface area contributed by atoms with E-state index in [1.807, 2.05) is 24.3 Å². The number of hydrazone groups is 1. The molecule has 1 heterocycles. The van der Waals surface area contributed by atoms with Crippen LogP contribution in [0.2, 0.25) is 0 Å². The Balaban J connectivity index is 1.74. The molecule has 0 bridgehead atoms. The van der Waals surface area contributed by atoms with Crippen LogP contribution in [0.25, 0.3) is 0 Å². The van der Waals surface area contributed by atoms with Crippen molar-refractivity contribution in [2.24, 2.45) is 5.10 Å². The maximum atomic E-state index is 11.6. The molecule has 0 unspecified atom stereocenters. The Morgan fingerprint density at radius 2 is 2.11 bits per heavy atom. The fourth-order valence-electron chi connectivity index (χ4n) is 1.33. The van der Waals surface area contributed by atoms with Gasteiger partial charge in [0.1, 0.15) is 12.3 Å². The van der Waals surface area contributed by atoms with Crippen molar-refractivity contribution in [3.8, 4) is 0 Å². The van der Waals surface area contributed by atoms with Crippen molar-refractivity contribution in [2.45, 2.75) is 0 Å². The molecule has 0 saturated heterocycles. The summed E-state index contributed by atoms with van der Waals surface area (Å²) < 4.78 is 6.02. The highest BCUT2D eigenvalue weighted by atomic mass is 79.9. The number of hydrogen-bond acceptors (Lipinski definition) is 4. The van der Waals surface area contributed by atoms with Crippen molar-refractivity contribution in [3.05, 3.63) is 52.9 Å². The molecule has 1 aromatic carbocycles. The molecule has 0 aliphatic rings. The number of carbonyl (C=O) groups is 1. The molecule has 0 atom stereocenters. The molecule has 2 aromatic rings. The number of halogens is 1. The molecule has 6 heteroatoms. The van der Waals surface area contributed by atoms with Gasteiger partial charge in [-0.1, -0.05) is 15.9 Å². The maximum absolute atomic E-state index is 11.6. The van der Waals surface area contributed by atoms with E-state index in [1.165, 1.54) is 6.21 Å². The van der Waals surface area contributed by atoms with Gasteiger partial charge in [-0.15, -0.1) is 0 Å². The van der Waals surface area contributed by atoms with E-state index < -0.39 is 0 Å². The predicted octanol–water partition coefficient (Wildman–Crippen LogP) is 2.60. The fourth-order valence-corrected chi connectivity index (χ4v) is 1.59. The highest BCUT2D eigenvalue weighted by Crippen LogP contribution is 2.13. The number of nitrogens with zero attached hydrogens (tertiary/aromatic N) is 1. The summed E-state index contributed by atoms with van der Waals surface area (Å²) in [6.45, 7) is 0.0905. The van der Waals surface area contributed by atoms with Crippen LogP contribution < -0.4 is 10.7 Å². The number of hydrogen-bond donors (Lipinski definition) is 2. The Labute approximate surface area is 118 Å². The van der Waals surface area contributed by atoms with E-state index in [4.69, 9.17) is 4.42 Å². The summed E-state index contributed by atoms with van der Waals surface area (Å²) in [5.74, 6) is 0.458. The fraction of sp³-hybridized carbons (Fsp3) is 0.0769. The van der Waals surface area contributed by atoms with Gasteiger partial charge in [-0.2, -0.15) is 5.10 Å². The predicted molar refractivity (Wildman–Crippen MR) is 77.1 cm³/mol. The highest BCUT2D eigenvalue weighted by molar-refractivity contribution is 9.10. The van der Waals surface area contributed by atoms with E-state index >= 15 is 0 Å². The van der Waals surface area contributed by atoms with Gasteiger partial charge in [0.2, 0.25) is 5.91 Å². The summed E-state index contributed by atoms with van der Waals surface area (Å²) in [6.07, 6.45) is 3.06. The third-order valence-electron chi connectivity index (χ3n) is 2.19. The van der Waals surface area contributed by atoms with Crippen molar-refractivity contribution in [1.82, 2.24) is 5.43 Å². The maximum Gasteiger partial charge on any atom is 0.245 e. The smallest absolute Gasteiger partial charge is 0.245 e. The third kappa shape index (κ3) is 4.59. The second-order valence-electron chi connectivity index (χ2n) is 3.66. The van der Waals surface area contributed by atoms with E-state index in [9.17, 15) is 4.79 Å². The number of anilines is 1. The van der Waals surface area contributed by atoms with E-state index in [0.29, 0.717) is 5.76 Å². The average molecular weight is 322 g/mol. The molecular weight excluding hydrogens is 310 g/mol. The molecule has 0 aliphatic heterocycles. The van der Waals surface area contributed by atoms with E-state index in [2.05, 4.69) is 31.8 Å². The van der Waals surface area contributed by atoms with Crippen LogP contribution in [0.1, 0.15) is 5.76 Å². The molecule has 19 heavy (non-hydrogen) atoms. The normalized spacial score (nSPS) is 10.6. The Morgan fingerprint density at radius 3 is 2.79 bits per heavy atom. The number of rotatable bonds is 5. The van der Waals surface area contributed by atoms with Gasteiger partial charge in [0.15, 0.2) is 0 Å². The van der Waals surface area contributed by atoms with Gasteiger partial charge in [0, 0.05) is 10.2 Å². The molecule has 1 aromatic heterocycles. The van der Waals surface area contributed by atoms with Gasteiger partial charge < -0.3 is 15.2 Å². The zero-order chi connectivity index (χ0) is 13.5. The molecular formula is C13H12BrN3O2. The molecule has 0 radical (unpaired) electrons. The zero-order valence-corrected chi connectivity index (χ0v) is 11.6. The molecule has 1 amide bonds. The first-order valence-corrected chi connectivity index (χ1v) is 6.38. The first-order valence-electron chi connectivity index (χ1n) is 5.59. The molecule has 98 valence electrons. The Hall–Kier alpha value is -2.08. The largest absolute Gasteiger partial charge is 0.463 e. The van der Waals surface area contributed by atoms with Crippen LogP contribution in [-0.4, -0.2) is 18.7 Å². The minimum Gasteiger partial charge on any atom is -0.463 e. The minimum absolute atomic E-state index is 0.0905. The van der Waals surface area contributed by atoms with Gasteiger partial charge in [-0.25, -0.2) is 0 Å². The van der Waals surface area contributed by atoms with Gasteiger partial charge in [-0.05, 0) is 36.4 Å². The van der Waals surface area contributed by atoms with E-state index in [0.717, 1.165) is 10.2 Å². The van der Waals surface area contributed by atoms with Crippen LogP contribution in [0.5, 0.6) is 0 Å². The highest BCUT2D eigenvalue weighted by Gasteiger charge is 2.00. The number of furan rings is 1. The van der Waals surface area contributed by atoms with Crippen molar-refractivity contribution < 1.29 is 9.21 Å². The van der Waals surface area contributed by atoms with Gasteiger partial charge in [0.05, 0.1) is 12.5 Å². The summed E-state index contributed by atoms with van der Waals surface area (Å²) in [7, 11) is 0. The molecule has 0 fully saturated rings. The molecule has 2 rings (SSSR count). The molecule has 0 saturated carbocycles. The van der Waals surface area contributed by atoms with Crippen LogP contribution in [0, 0.1) is 0 Å². The van der Waals surface area contributed by atoms with Crippen LogP contribution in [0.3, 0.4) is 0 Å². The van der Waals surface area contributed by atoms with Crippen LogP contribution >= 0.6 is 15.9 Å². The van der Waals surface area contributed by atoms with Crippen molar-refractivity contribution in [2.75, 3.05) is 11.9 Å². The summed E-state index contributed by atoms with van der Waals surface area (Å²) in [5, 5.41) is 6.62. The van der Waals surface area contributed by atoms with Gasteiger partial charge in [0.25, 0.3) is 0 Å². The standard InChI is InChI=1S/C13H12BrN3O2/c14-10-3-5-11(6-4-10)17-13(18)9-16-15-8-12-2-1-7-19-12/h1-8,16H,9H2,(H,17,18)/b15-8-. The second-order valence-corrected chi connectivity index (χ2v) is 4.58. The topological polar surface area (TPSA) is 66.6 Å². The Bertz CT molecular complexity index is 550. The summed E-state index contributed by atoms with van der Waals surface area (Å²) in [4.78, 5) is 11.6. The zero-order valence-electron chi connectivity index (χ0n) is 9.97. The first kappa shape index (κ1) is 13.4. The lowest BCUT2D eigenvalue weighted by Gasteiger charge is -2.04. The second kappa shape index (κ2) is 6.75. The van der Waals surface area contributed by atoms with Crippen molar-refractivity contribution in [3.63, 3.8) is 0 Å². The number of carbonyl (C=O) groups excluding carboxylic acids is 1. The summed E-state index contributed by atoms with van der Waals surface area (Å²) >= 11 is 3.33. The van der Waals surface area contributed by atoms with Crippen LogP contribution in [0.15, 0.2) is 56.7 Å². The lowest BCUT2D eigenvalue weighted by Crippen LogP contribution is -2.24. The summed E-state index contributed by atoms with van der Waals surface area (Å²) in [6, 6.07) is 10.9. The third-order valence-corrected chi connectivity index (χ3v) is 2.72. The quantitative estimate of drug-likeness (QED) is 0.657. The average Bonchev–Trinajstić information content (AvgIpc) is 2.91. The molecule has 5 nitrogen and oxygen atoms in total. The van der Waals surface area contributed by atoms with Gasteiger partial charge >= 0.3 is 0 Å².